The molecule has 0 aliphatic carbocycles. The number of benzene rings is 1. The molecule has 2 aliphatic rings. The maximum Gasteiger partial charge on any atom is 0.231 e. The van der Waals surface area contributed by atoms with Gasteiger partial charge in [-0.1, -0.05) is 0 Å². The highest BCUT2D eigenvalue weighted by atomic mass is 79.9. The summed E-state index contributed by atoms with van der Waals surface area (Å²) in [6.07, 6.45) is 3.53. The van der Waals surface area contributed by atoms with E-state index in [9.17, 15) is 9.90 Å². The minimum absolute atomic E-state index is 0. The van der Waals surface area contributed by atoms with Crippen molar-refractivity contribution >= 4 is 76.0 Å². The van der Waals surface area contributed by atoms with Gasteiger partial charge in [0.1, 0.15) is 21.7 Å². The number of fused-ring (bicyclic) bond motifs is 2. The minimum atomic E-state index is -0.180. The molecule has 0 amide bonds. The SMILES string of the molecule is Cl.Cl.Cl.O=C1/C(=C/c2c[nH]c3nc(Br)ccc23)Oc2c1ccc(O)c2CN1CCNCC1. The van der Waals surface area contributed by atoms with Gasteiger partial charge in [-0.15, -0.1) is 37.2 Å². The first kappa shape index (κ1) is 26.4. The van der Waals surface area contributed by atoms with Crippen LogP contribution in [0.1, 0.15) is 21.5 Å². The molecule has 7 nitrogen and oxygen atoms in total. The first-order chi connectivity index (χ1) is 14.1. The summed E-state index contributed by atoms with van der Waals surface area (Å²) in [5.74, 6) is 0.676. The predicted molar refractivity (Wildman–Crippen MR) is 135 cm³/mol. The van der Waals surface area contributed by atoms with Crippen LogP contribution in [0.2, 0.25) is 0 Å². The van der Waals surface area contributed by atoms with Crippen molar-refractivity contribution in [2.45, 2.75) is 6.54 Å². The Morgan fingerprint density at radius 2 is 1.91 bits per heavy atom. The zero-order chi connectivity index (χ0) is 20.0. The standard InChI is InChI=1S/C21H19BrN4O3.3ClH/c22-18-4-2-13-12(10-24-21(13)25-18)9-17-19(28)14-1-3-16(27)15(20(14)29-17)11-26-7-5-23-6-8-26;;;/h1-4,9-10,23,27H,5-8,11H2,(H,24,25);3*1H/b17-9-;;;. The van der Waals surface area contributed by atoms with Crippen molar-refractivity contribution in [1.82, 2.24) is 20.2 Å². The predicted octanol–water partition coefficient (Wildman–Crippen LogP) is 4.32. The van der Waals surface area contributed by atoms with Gasteiger partial charge in [0.2, 0.25) is 5.78 Å². The molecule has 0 spiro atoms. The molecule has 11 heteroatoms. The van der Waals surface area contributed by atoms with E-state index in [0.717, 1.165) is 47.4 Å². The van der Waals surface area contributed by atoms with Crippen LogP contribution in [0.5, 0.6) is 11.5 Å². The normalized spacial score (nSPS) is 16.7. The van der Waals surface area contributed by atoms with Crippen LogP contribution in [0.25, 0.3) is 17.1 Å². The summed E-state index contributed by atoms with van der Waals surface area (Å²) in [6.45, 7) is 4.13. The number of carbonyl (C=O) groups excluding carboxylic acids is 1. The van der Waals surface area contributed by atoms with Gasteiger partial charge in [-0.25, -0.2) is 4.98 Å². The van der Waals surface area contributed by atoms with Crippen LogP contribution in [-0.2, 0) is 6.54 Å². The number of halogens is 4. The summed E-state index contributed by atoms with van der Waals surface area (Å²) in [4.78, 5) is 22.7. The number of nitrogens with one attached hydrogen (secondary N) is 2. The third-order valence-electron chi connectivity index (χ3n) is 5.33. The van der Waals surface area contributed by atoms with Crippen molar-refractivity contribution in [3.8, 4) is 11.5 Å². The van der Waals surface area contributed by atoms with E-state index >= 15 is 0 Å². The van der Waals surface area contributed by atoms with Gasteiger partial charge >= 0.3 is 0 Å². The second-order valence-electron chi connectivity index (χ2n) is 7.18. The molecule has 1 fully saturated rings. The van der Waals surface area contributed by atoms with Gasteiger partial charge in [0.15, 0.2) is 5.76 Å². The van der Waals surface area contributed by atoms with Crippen molar-refractivity contribution in [2.75, 3.05) is 26.2 Å². The number of hydrogen-bond acceptors (Lipinski definition) is 6. The molecule has 2 aliphatic heterocycles. The number of ether oxygens (including phenoxy) is 1. The van der Waals surface area contributed by atoms with Crippen molar-refractivity contribution in [2.24, 2.45) is 0 Å². The fraction of sp³-hybridized carbons (Fsp3) is 0.238. The number of Topliss-reactive ketones (excluding diaryl/α,β-unsaturated/α-hetero) is 1. The summed E-state index contributed by atoms with van der Waals surface area (Å²) < 4.78 is 6.72. The van der Waals surface area contributed by atoms with Gasteiger partial charge in [-0.3, -0.25) is 9.69 Å². The molecule has 3 N–H and O–H groups in total. The van der Waals surface area contributed by atoms with E-state index < -0.39 is 0 Å². The Balaban J connectivity index is 0.00000121. The van der Waals surface area contributed by atoms with Gasteiger partial charge in [-0.05, 0) is 46.3 Å². The van der Waals surface area contributed by atoms with Crippen molar-refractivity contribution in [1.29, 1.82) is 0 Å². The van der Waals surface area contributed by atoms with Crippen LogP contribution in [0.4, 0.5) is 0 Å². The fourth-order valence-corrected chi connectivity index (χ4v) is 4.11. The quantitative estimate of drug-likeness (QED) is 0.324. The molecule has 4 heterocycles. The molecule has 0 bridgehead atoms. The van der Waals surface area contributed by atoms with Crippen molar-refractivity contribution < 1.29 is 14.6 Å². The molecule has 0 atom stereocenters. The highest BCUT2D eigenvalue weighted by Gasteiger charge is 2.32. The van der Waals surface area contributed by atoms with Crippen molar-refractivity contribution in [3.63, 3.8) is 0 Å². The number of H-pyrrole nitrogens is 1. The number of carbonyl (C=O) groups is 1. The van der Waals surface area contributed by atoms with E-state index in [1.54, 1.807) is 24.4 Å². The van der Waals surface area contributed by atoms with Gasteiger partial charge in [0, 0.05) is 49.9 Å². The molecule has 3 aromatic rings. The Morgan fingerprint density at radius 1 is 1.16 bits per heavy atom. The molecule has 0 saturated carbocycles. The highest BCUT2D eigenvalue weighted by Crippen LogP contribution is 2.40. The molecule has 1 aromatic carbocycles. The van der Waals surface area contributed by atoms with Crippen LogP contribution in [0, 0.1) is 0 Å². The lowest BCUT2D eigenvalue weighted by Crippen LogP contribution is -2.42. The van der Waals surface area contributed by atoms with E-state index in [1.807, 2.05) is 12.1 Å². The second-order valence-corrected chi connectivity index (χ2v) is 7.99. The largest absolute Gasteiger partial charge is 0.507 e. The van der Waals surface area contributed by atoms with Crippen LogP contribution in [0.3, 0.4) is 0 Å². The van der Waals surface area contributed by atoms with E-state index in [2.05, 4.69) is 36.1 Å². The van der Waals surface area contributed by atoms with E-state index in [-0.39, 0.29) is 54.5 Å². The molecule has 1 saturated heterocycles. The molecule has 32 heavy (non-hydrogen) atoms. The molecular formula is C21H22BrCl3N4O3. The topological polar surface area (TPSA) is 90.5 Å². The third kappa shape index (κ3) is 4.90. The smallest absolute Gasteiger partial charge is 0.231 e. The lowest BCUT2D eigenvalue weighted by Gasteiger charge is -2.27. The molecule has 172 valence electrons. The maximum absolute atomic E-state index is 12.9. The van der Waals surface area contributed by atoms with E-state index in [1.165, 1.54) is 0 Å². The number of nitrogens with zero attached hydrogens (tertiary/aromatic N) is 2. The molecule has 5 rings (SSSR count). The first-order valence-corrected chi connectivity index (χ1v) is 10.3. The van der Waals surface area contributed by atoms with Crippen molar-refractivity contribution in [3.05, 3.63) is 57.5 Å². The van der Waals surface area contributed by atoms with E-state index in [0.29, 0.717) is 23.4 Å². The lowest BCUT2D eigenvalue weighted by atomic mass is 10.0. The molecular weight excluding hydrogens is 543 g/mol. The average molecular weight is 565 g/mol. The number of piperazine rings is 1. The molecule has 2 aromatic heterocycles. The molecule has 0 unspecified atom stereocenters. The lowest BCUT2D eigenvalue weighted by molar-refractivity contribution is 0.101. The summed E-state index contributed by atoms with van der Waals surface area (Å²) in [5.41, 5.74) is 2.70. The Hall–Kier alpha value is -1.81. The number of aromatic nitrogens is 2. The van der Waals surface area contributed by atoms with Crippen LogP contribution in [-0.4, -0.2) is 51.9 Å². The average Bonchev–Trinajstić information content (AvgIpc) is 3.26. The summed E-state index contributed by atoms with van der Waals surface area (Å²) >= 11 is 3.36. The van der Waals surface area contributed by atoms with Gasteiger partial charge in [0.25, 0.3) is 0 Å². The highest BCUT2D eigenvalue weighted by molar-refractivity contribution is 9.10. The monoisotopic (exact) mass is 562 g/mol. The number of pyridine rings is 1. The van der Waals surface area contributed by atoms with E-state index in [4.69, 9.17) is 4.74 Å². The zero-order valence-corrected chi connectivity index (χ0v) is 20.8. The number of hydrogen-bond donors (Lipinski definition) is 3. The van der Waals surface area contributed by atoms with Crippen LogP contribution < -0.4 is 10.1 Å². The zero-order valence-electron chi connectivity index (χ0n) is 16.8. The summed E-state index contributed by atoms with van der Waals surface area (Å²) in [6, 6.07) is 6.99. The Morgan fingerprint density at radius 3 is 2.66 bits per heavy atom. The Kier molecular flexibility index (Phi) is 8.98. The summed E-state index contributed by atoms with van der Waals surface area (Å²) in [5, 5.41) is 14.6. The maximum atomic E-state index is 12.9. The Labute approximate surface area is 212 Å². The number of aromatic hydroxyl groups is 1. The molecule has 0 radical (unpaired) electrons. The first-order valence-electron chi connectivity index (χ1n) is 9.46. The number of phenolic OH excluding ortho intramolecular Hbond substituents is 1. The number of ketones is 1. The number of rotatable bonds is 3. The number of aromatic amines is 1. The Bertz CT molecular complexity index is 1160. The van der Waals surface area contributed by atoms with Crippen LogP contribution in [0.15, 0.2) is 40.8 Å². The van der Waals surface area contributed by atoms with Gasteiger partial charge < -0.3 is 20.1 Å². The summed E-state index contributed by atoms with van der Waals surface area (Å²) in [7, 11) is 0. The van der Waals surface area contributed by atoms with Gasteiger partial charge in [-0.2, -0.15) is 0 Å². The minimum Gasteiger partial charge on any atom is -0.507 e. The fourth-order valence-electron chi connectivity index (χ4n) is 3.81. The van der Waals surface area contributed by atoms with Crippen LogP contribution >= 0.6 is 53.2 Å². The van der Waals surface area contributed by atoms with Gasteiger partial charge in [0.05, 0.1) is 11.1 Å². The number of allylic oxidation sites excluding steroid dienone is 1. The second kappa shape index (κ2) is 10.9. The number of phenols is 1. The third-order valence-corrected chi connectivity index (χ3v) is 5.77.